The Balaban J connectivity index is 1.76. The molecule has 2 heterocycles. The fourth-order valence-electron chi connectivity index (χ4n) is 3.82. The van der Waals surface area contributed by atoms with E-state index in [4.69, 9.17) is 0 Å². The standard InChI is InChI=1S/C24H24N4O3/c1-15-8-10-18(11-9-15)20-14-21(25-17(3)29)24(31)28(26-20)16(2)23(30)27-13-12-19-6-4-5-7-22(19)27/h4-11,14,16H,12-13H2,1-3H3,(H,25,29)/t16-/m0/s1. The third-order valence-corrected chi connectivity index (χ3v) is 5.47. The number of benzene rings is 2. The number of aryl methyl sites for hydroxylation is 1. The highest BCUT2D eigenvalue weighted by Crippen LogP contribution is 2.29. The lowest BCUT2D eigenvalue weighted by Crippen LogP contribution is -2.40. The Kier molecular flexibility index (Phi) is 5.42. The van der Waals surface area contributed by atoms with Crippen LogP contribution in [0.3, 0.4) is 0 Å². The van der Waals surface area contributed by atoms with Crippen molar-refractivity contribution in [2.24, 2.45) is 0 Å². The third-order valence-electron chi connectivity index (χ3n) is 5.47. The SMILES string of the molecule is CC(=O)Nc1cc(-c2ccc(C)cc2)nn([C@@H](C)C(=O)N2CCc3ccccc32)c1=O. The Bertz CT molecular complexity index is 1210. The molecular formula is C24H24N4O3. The first kappa shape index (κ1) is 20.5. The van der Waals surface area contributed by atoms with Crippen molar-refractivity contribution < 1.29 is 9.59 Å². The minimum Gasteiger partial charge on any atom is -0.322 e. The van der Waals surface area contributed by atoms with Crippen LogP contribution in [0.15, 0.2) is 59.4 Å². The van der Waals surface area contributed by atoms with Gasteiger partial charge in [0.15, 0.2) is 0 Å². The number of rotatable bonds is 4. The summed E-state index contributed by atoms with van der Waals surface area (Å²) in [5, 5.41) is 7.07. The predicted octanol–water partition coefficient (Wildman–Crippen LogP) is 3.33. The summed E-state index contributed by atoms with van der Waals surface area (Å²) in [6.07, 6.45) is 0.775. The van der Waals surface area contributed by atoms with Crippen LogP contribution in [0.2, 0.25) is 0 Å². The van der Waals surface area contributed by atoms with Gasteiger partial charge in [0.25, 0.3) is 11.5 Å². The van der Waals surface area contributed by atoms with E-state index in [0.717, 1.165) is 28.8 Å². The summed E-state index contributed by atoms with van der Waals surface area (Å²) < 4.78 is 1.17. The Hall–Kier alpha value is -3.74. The minimum atomic E-state index is -0.837. The molecule has 1 aromatic heterocycles. The zero-order valence-corrected chi connectivity index (χ0v) is 17.8. The van der Waals surface area contributed by atoms with Gasteiger partial charge in [-0.3, -0.25) is 14.4 Å². The van der Waals surface area contributed by atoms with Crippen LogP contribution in [0.4, 0.5) is 11.4 Å². The van der Waals surface area contributed by atoms with Gasteiger partial charge in [-0.05, 0) is 38.0 Å². The van der Waals surface area contributed by atoms with Crippen molar-refractivity contribution >= 4 is 23.2 Å². The van der Waals surface area contributed by atoms with Crippen LogP contribution in [0, 0.1) is 6.92 Å². The molecule has 0 fully saturated rings. The molecule has 3 aromatic rings. The van der Waals surface area contributed by atoms with Crippen molar-refractivity contribution in [1.29, 1.82) is 0 Å². The average molecular weight is 416 g/mol. The first-order valence-electron chi connectivity index (χ1n) is 10.2. The summed E-state index contributed by atoms with van der Waals surface area (Å²) in [6, 6.07) is 16.2. The van der Waals surface area contributed by atoms with E-state index in [1.54, 1.807) is 17.9 Å². The molecule has 2 amide bonds. The molecule has 7 heteroatoms. The molecule has 0 saturated carbocycles. The van der Waals surface area contributed by atoms with Crippen LogP contribution in [0.25, 0.3) is 11.3 Å². The third kappa shape index (κ3) is 3.99. The van der Waals surface area contributed by atoms with Gasteiger partial charge in [-0.1, -0.05) is 48.0 Å². The Morgan fingerprint density at radius 2 is 1.81 bits per heavy atom. The molecule has 1 aliphatic rings. The largest absolute Gasteiger partial charge is 0.322 e. The molecule has 0 saturated heterocycles. The Labute approximate surface area is 180 Å². The number of aromatic nitrogens is 2. The van der Waals surface area contributed by atoms with E-state index in [1.165, 1.54) is 11.6 Å². The smallest absolute Gasteiger partial charge is 0.291 e. The normalized spacial score (nSPS) is 13.6. The summed E-state index contributed by atoms with van der Waals surface area (Å²) >= 11 is 0. The summed E-state index contributed by atoms with van der Waals surface area (Å²) in [7, 11) is 0. The molecule has 2 aromatic carbocycles. The van der Waals surface area contributed by atoms with Crippen LogP contribution in [-0.4, -0.2) is 28.1 Å². The molecule has 0 spiro atoms. The van der Waals surface area contributed by atoms with E-state index in [1.807, 2.05) is 55.5 Å². The van der Waals surface area contributed by atoms with Gasteiger partial charge in [-0.25, -0.2) is 4.68 Å². The molecule has 0 radical (unpaired) electrons. The number of anilines is 2. The molecule has 1 N–H and O–H groups in total. The predicted molar refractivity (Wildman–Crippen MR) is 120 cm³/mol. The fraction of sp³-hybridized carbons (Fsp3) is 0.250. The van der Waals surface area contributed by atoms with Crippen molar-refractivity contribution in [3.8, 4) is 11.3 Å². The van der Waals surface area contributed by atoms with Crippen molar-refractivity contribution in [2.75, 3.05) is 16.8 Å². The van der Waals surface area contributed by atoms with E-state index < -0.39 is 11.6 Å². The van der Waals surface area contributed by atoms with Crippen molar-refractivity contribution in [3.63, 3.8) is 0 Å². The van der Waals surface area contributed by atoms with Gasteiger partial charge in [0, 0.05) is 24.7 Å². The van der Waals surface area contributed by atoms with Crippen molar-refractivity contribution in [1.82, 2.24) is 9.78 Å². The van der Waals surface area contributed by atoms with E-state index >= 15 is 0 Å². The lowest BCUT2D eigenvalue weighted by Gasteiger charge is -2.23. The van der Waals surface area contributed by atoms with Crippen LogP contribution in [0.1, 0.15) is 31.0 Å². The maximum Gasteiger partial charge on any atom is 0.291 e. The summed E-state index contributed by atoms with van der Waals surface area (Å²) in [4.78, 5) is 39.8. The molecule has 0 bridgehead atoms. The Morgan fingerprint density at radius 3 is 2.52 bits per heavy atom. The highest BCUT2D eigenvalue weighted by molar-refractivity contribution is 5.98. The highest BCUT2D eigenvalue weighted by atomic mass is 16.2. The maximum atomic E-state index is 13.3. The van der Waals surface area contributed by atoms with Gasteiger partial charge in [0.05, 0.1) is 5.69 Å². The van der Waals surface area contributed by atoms with Gasteiger partial charge < -0.3 is 10.2 Å². The highest BCUT2D eigenvalue weighted by Gasteiger charge is 2.30. The van der Waals surface area contributed by atoms with Gasteiger partial charge in [0.1, 0.15) is 11.7 Å². The molecule has 0 aliphatic carbocycles. The van der Waals surface area contributed by atoms with Crippen LogP contribution >= 0.6 is 0 Å². The average Bonchev–Trinajstić information content (AvgIpc) is 3.18. The second-order valence-corrected chi connectivity index (χ2v) is 7.78. The van der Waals surface area contributed by atoms with Gasteiger partial charge >= 0.3 is 0 Å². The number of carbonyl (C=O) groups is 2. The van der Waals surface area contributed by atoms with E-state index in [2.05, 4.69) is 10.4 Å². The summed E-state index contributed by atoms with van der Waals surface area (Å²) in [6.45, 7) is 5.54. The number of carbonyl (C=O) groups excluding carboxylic acids is 2. The lowest BCUT2D eigenvalue weighted by molar-refractivity contribution is -0.121. The van der Waals surface area contributed by atoms with Gasteiger partial charge in [0.2, 0.25) is 5.91 Å². The number of para-hydroxylation sites is 1. The lowest BCUT2D eigenvalue weighted by atomic mass is 10.1. The first-order chi connectivity index (χ1) is 14.8. The zero-order chi connectivity index (χ0) is 22.1. The van der Waals surface area contributed by atoms with E-state index in [9.17, 15) is 14.4 Å². The summed E-state index contributed by atoms with van der Waals surface area (Å²) in [5.41, 5.74) is 3.94. The number of fused-ring (bicyclic) bond motifs is 1. The van der Waals surface area contributed by atoms with E-state index in [-0.39, 0.29) is 17.5 Å². The Morgan fingerprint density at radius 1 is 1.10 bits per heavy atom. The van der Waals surface area contributed by atoms with Crippen molar-refractivity contribution in [2.45, 2.75) is 33.2 Å². The molecule has 4 rings (SSSR count). The zero-order valence-electron chi connectivity index (χ0n) is 17.8. The van der Waals surface area contributed by atoms with Crippen LogP contribution < -0.4 is 15.8 Å². The number of nitrogens with one attached hydrogen (secondary N) is 1. The van der Waals surface area contributed by atoms with Gasteiger partial charge in [-0.2, -0.15) is 5.10 Å². The molecule has 158 valence electrons. The molecular weight excluding hydrogens is 392 g/mol. The van der Waals surface area contributed by atoms with E-state index in [0.29, 0.717) is 12.2 Å². The van der Waals surface area contributed by atoms with Gasteiger partial charge in [-0.15, -0.1) is 0 Å². The summed E-state index contributed by atoms with van der Waals surface area (Å²) in [5.74, 6) is -0.577. The molecule has 7 nitrogen and oxygen atoms in total. The van der Waals surface area contributed by atoms with Crippen molar-refractivity contribution in [3.05, 3.63) is 76.1 Å². The first-order valence-corrected chi connectivity index (χ1v) is 10.2. The number of amides is 2. The second-order valence-electron chi connectivity index (χ2n) is 7.78. The molecule has 31 heavy (non-hydrogen) atoms. The maximum absolute atomic E-state index is 13.3. The van der Waals surface area contributed by atoms with Crippen LogP contribution in [0.5, 0.6) is 0 Å². The quantitative estimate of drug-likeness (QED) is 0.707. The number of hydrogen-bond donors (Lipinski definition) is 1. The number of hydrogen-bond acceptors (Lipinski definition) is 4. The minimum absolute atomic E-state index is 0.0968. The monoisotopic (exact) mass is 416 g/mol. The fourth-order valence-corrected chi connectivity index (χ4v) is 3.82. The van der Waals surface area contributed by atoms with Crippen LogP contribution in [-0.2, 0) is 16.0 Å². The topological polar surface area (TPSA) is 84.3 Å². The molecule has 0 unspecified atom stereocenters. The second kappa shape index (κ2) is 8.18. The number of nitrogens with zero attached hydrogens (tertiary/aromatic N) is 3. The molecule has 1 aliphatic heterocycles. The molecule has 1 atom stereocenters.